The van der Waals surface area contributed by atoms with Crippen molar-refractivity contribution in [2.24, 2.45) is 7.05 Å². The Hall–Kier alpha value is -2.87. The first kappa shape index (κ1) is 23.8. The molecule has 1 atom stereocenters. The van der Waals surface area contributed by atoms with Gasteiger partial charge in [-0.2, -0.15) is 5.10 Å². The van der Waals surface area contributed by atoms with Crippen LogP contribution in [-0.2, 0) is 18.3 Å². The van der Waals surface area contributed by atoms with Gasteiger partial charge in [-0.05, 0) is 26.0 Å². The number of aromatic nitrogens is 2. The fourth-order valence-electron chi connectivity index (χ4n) is 3.60. The summed E-state index contributed by atoms with van der Waals surface area (Å²) in [6.07, 6.45) is -0.581. The quantitative estimate of drug-likeness (QED) is 0.485. The van der Waals surface area contributed by atoms with Crippen molar-refractivity contribution in [2.75, 3.05) is 27.4 Å². The molecule has 3 rings (SSSR count). The molecule has 0 fully saturated rings. The normalized spacial score (nSPS) is 12.4. The summed E-state index contributed by atoms with van der Waals surface area (Å²) in [4.78, 5) is 2.20. The lowest BCUT2D eigenvalue weighted by Gasteiger charge is -2.29. The number of ether oxygens (including phenoxy) is 3. The van der Waals surface area contributed by atoms with Crippen molar-refractivity contribution in [3.8, 4) is 28.6 Å². The van der Waals surface area contributed by atoms with E-state index in [1.165, 1.54) is 0 Å². The van der Waals surface area contributed by atoms with Crippen molar-refractivity contribution in [2.45, 2.75) is 32.5 Å². The second-order valence-electron chi connectivity index (χ2n) is 8.04. The highest BCUT2D eigenvalue weighted by Crippen LogP contribution is 2.35. The standard InChI is InChI=1S/C25H33N3O4/c1-18(2)28(15-20(29)17-30-4)16-23-24(19-10-7-6-8-11-19)26-27(3)25(23)32-22-13-9-12-21(14-22)31-5/h6-14,18,20,29H,15-17H2,1-5H3/t20-/m0/s1. The lowest BCUT2D eigenvalue weighted by molar-refractivity contribution is 0.0278. The van der Waals surface area contributed by atoms with E-state index < -0.39 is 6.10 Å². The highest BCUT2D eigenvalue weighted by molar-refractivity contribution is 5.65. The Kier molecular flexibility index (Phi) is 8.27. The number of nitrogens with zero attached hydrogens (tertiary/aromatic N) is 3. The van der Waals surface area contributed by atoms with E-state index in [2.05, 4.69) is 18.7 Å². The van der Waals surface area contributed by atoms with Crippen LogP contribution in [0.25, 0.3) is 11.3 Å². The average molecular weight is 440 g/mol. The summed E-state index contributed by atoms with van der Waals surface area (Å²) in [5.41, 5.74) is 2.83. The molecule has 0 aliphatic heterocycles. The van der Waals surface area contributed by atoms with E-state index in [0.717, 1.165) is 22.6 Å². The molecule has 7 heteroatoms. The van der Waals surface area contributed by atoms with Gasteiger partial charge in [-0.15, -0.1) is 0 Å². The Morgan fingerprint density at radius 2 is 1.75 bits per heavy atom. The zero-order valence-electron chi connectivity index (χ0n) is 19.5. The lowest BCUT2D eigenvalue weighted by atomic mass is 10.1. The first-order chi connectivity index (χ1) is 15.4. The van der Waals surface area contributed by atoms with Crippen molar-refractivity contribution >= 4 is 0 Å². The Morgan fingerprint density at radius 1 is 1.03 bits per heavy atom. The smallest absolute Gasteiger partial charge is 0.222 e. The molecule has 32 heavy (non-hydrogen) atoms. The molecule has 0 aliphatic carbocycles. The Balaban J connectivity index is 2.01. The maximum Gasteiger partial charge on any atom is 0.222 e. The third-order valence-corrected chi connectivity index (χ3v) is 5.29. The molecule has 2 aromatic carbocycles. The molecule has 1 heterocycles. The van der Waals surface area contributed by atoms with Gasteiger partial charge in [0.1, 0.15) is 17.2 Å². The summed E-state index contributed by atoms with van der Waals surface area (Å²) in [6.45, 7) is 5.55. The molecular formula is C25H33N3O4. The summed E-state index contributed by atoms with van der Waals surface area (Å²) in [7, 11) is 5.11. The Morgan fingerprint density at radius 3 is 2.41 bits per heavy atom. The monoisotopic (exact) mass is 439 g/mol. The van der Waals surface area contributed by atoms with Crippen LogP contribution in [0.4, 0.5) is 0 Å². The molecule has 3 aromatic rings. The fourth-order valence-corrected chi connectivity index (χ4v) is 3.60. The summed E-state index contributed by atoms with van der Waals surface area (Å²) < 4.78 is 18.6. The van der Waals surface area contributed by atoms with Crippen LogP contribution < -0.4 is 9.47 Å². The maximum absolute atomic E-state index is 10.4. The first-order valence-corrected chi connectivity index (χ1v) is 10.8. The topological polar surface area (TPSA) is 69.0 Å². The van der Waals surface area contributed by atoms with Crippen LogP contribution in [0.3, 0.4) is 0 Å². The van der Waals surface area contributed by atoms with Crippen LogP contribution in [-0.4, -0.2) is 59.3 Å². The van der Waals surface area contributed by atoms with Gasteiger partial charge in [0.25, 0.3) is 0 Å². The third-order valence-electron chi connectivity index (χ3n) is 5.29. The van der Waals surface area contributed by atoms with Gasteiger partial charge in [-0.25, -0.2) is 4.68 Å². The summed E-state index contributed by atoms with van der Waals surface area (Å²) in [5.74, 6) is 2.05. The molecule has 0 bridgehead atoms. The number of benzene rings is 2. The SMILES string of the molecule is COC[C@@H](O)CN(Cc1c(-c2ccccc2)nn(C)c1Oc1cccc(OC)c1)C(C)C. The van der Waals surface area contributed by atoms with Crippen molar-refractivity contribution in [1.82, 2.24) is 14.7 Å². The zero-order chi connectivity index (χ0) is 23.1. The molecule has 1 N–H and O–H groups in total. The van der Waals surface area contributed by atoms with Crippen LogP contribution in [0.15, 0.2) is 54.6 Å². The van der Waals surface area contributed by atoms with Crippen molar-refractivity contribution < 1.29 is 19.3 Å². The highest BCUT2D eigenvalue weighted by Gasteiger charge is 2.24. The molecule has 0 unspecified atom stereocenters. The van der Waals surface area contributed by atoms with E-state index in [-0.39, 0.29) is 12.6 Å². The summed E-state index contributed by atoms with van der Waals surface area (Å²) in [5, 5.41) is 15.2. The minimum absolute atomic E-state index is 0.204. The van der Waals surface area contributed by atoms with Crippen LogP contribution in [0.1, 0.15) is 19.4 Å². The molecule has 0 amide bonds. The van der Waals surface area contributed by atoms with Crippen molar-refractivity contribution in [3.05, 3.63) is 60.2 Å². The van der Waals surface area contributed by atoms with Crippen molar-refractivity contribution in [3.63, 3.8) is 0 Å². The van der Waals surface area contributed by atoms with E-state index in [1.54, 1.807) is 18.9 Å². The Labute approximate surface area is 190 Å². The second-order valence-corrected chi connectivity index (χ2v) is 8.04. The van der Waals surface area contributed by atoms with E-state index in [0.29, 0.717) is 24.7 Å². The van der Waals surface area contributed by atoms with Gasteiger partial charge in [0.2, 0.25) is 5.88 Å². The third kappa shape index (κ3) is 5.88. The van der Waals surface area contributed by atoms with Crippen LogP contribution in [0.2, 0.25) is 0 Å². The van der Waals surface area contributed by atoms with Crippen LogP contribution in [0.5, 0.6) is 17.4 Å². The van der Waals surface area contributed by atoms with Gasteiger partial charge < -0.3 is 19.3 Å². The van der Waals surface area contributed by atoms with Gasteiger partial charge in [0.15, 0.2) is 0 Å². The van der Waals surface area contributed by atoms with Gasteiger partial charge >= 0.3 is 0 Å². The molecule has 7 nitrogen and oxygen atoms in total. The number of methoxy groups -OCH3 is 2. The van der Waals surface area contributed by atoms with Gasteiger partial charge in [0.05, 0.1) is 25.4 Å². The van der Waals surface area contributed by atoms with E-state index in [9.17, 15) is 5.11 Å². The number of rotatable bonds is 11. The number of hydrogen-bond donors (Lipinski definition) is 1. The number of aryl methyl sites for hydroxylation is 1. The van der Waals surface area contributed by atoms with E-state index in [4.69, 9.17) is 19.3 Å². The highest BCUT2D eigenvalue weighted by atomic mass is 16.5. The Bertz CT molecular complexity index is 988. The minimum Gasteiger partial charge on any atom is -0.497 e. The predicted molar refractivity (Wildman–Crippen MR) is 125 cm³/mol. The van der Waals surface area contributed by atoms with Gasteiger partial charge in [-0.1, -0.05) is 36.4 Å². The van der Waals surface area contributed by atoms with Crippen LogP contribution >= 0.6 is 0 Å². The molecule has 0 spiro atoms. The molecular weight excluding hydrogens is 406 g/mol. The van der Waals surface area contributed by atoms with Gasteiger partial charge in [0, 0.05) is 44.9 Å². The van der Waals surface area contributed by atoms with E-state index in [1.807, 2.05) is 61.6 Å². The first-order valence-electron chi connectivity index (χ1n) is 10.8. The molecule has 0 saturated heterocycles. The predicted octanol–water partition coefficient (Wildman–Crippen LogP) is 4.11. The molecule has 1 aromatic heterocycles. The maximum atomic E-state index is 10.4. The second kappa shape index (κ2) is 11.1. The van der Waals surface area contributed by atoms with Gasteiger partial charge in [-0.3, -0.25) is 4.90 Å². The summed E-state index contributed by atoms with van der Waals surface area (Å²) >= 11 is 0. The molecule has 0 saturated carbocycles. The molecule has 0 radical (unpaired) electrons. The lowest BCUT2D eigenvalue weighted by Crippen LogP contribution is -2.38. The number of aliphatic hydroxyl groups is 1. The fraction of sp³-hybridized carbons (Fsp3) is 0.400. The molecule has 172 valence electrons. The number of aliphatic hydroxyl groups excluding tert-OH is 1. The average Bonchev–Trinajstić information content (AvgIpc) is 3.09. The largest absolute Gasteiger partial charge is 0.497 e. The van der Waals surface area contributed by atoms with Crippen LogP contribution in [0, 0.1) is 0 Å². The zero-order valence-corrected chi connectivity index (χ0v) is 19.5. The number of hydrogen-bond acceptors (Lipinski definition) is 6. The minimum atomic E-state index is -0.581. The summed E-state index contributed by atoms with van der Waals surface area (Å²) in [6, 6.07) is 17.8. The molecule has 0 aliphatic rings. The van der Waals surface area contributed by atoms with Crippen molar-refractivity contribution in [1.29, 1.82) is 0 Å². The van der Waals surface area contributed by atoms with E-state index >= 15 is 0 Å².